The van der Waals surface area contributed by atoms with Crippen LogP contribution in [0.2, 0.25) is 0 Å². The number of piperidine rings is 1. The Morgan fingerprint density at radius 3 is 2.45 bits per heavy atom. The molecule has 3 heteroatoms. The molecule has 1 heterocycles. The van der Waals surface area contributed by atoms with Gasteiger partial charge in [-0.3, -0.25) is 4.90 Å². The Kier molecular flexibility index (Phi) is 5.00. The van der Waals surface area contributed by atoms with Crippen molar-refractivity contribution < 1.29 is 4.74 Å². The van der Waals surface area contributed by atoms with Crippen LogP contribution in [0.25, 0.3) is 0 Å². The van der Waals surface area contributed by atoms with Crippen molar-refractivity contribution >= 4 is 15.9 Å². The fraction of sp³-hybridized carbons (Fsp3) is 0.647. The van der Waals surface area contributed by atoms with Gasteiger partial charge in [-0.05, 0) is 56.5 Å². The number of likely N-dealkylation sites (tertiary alicyclic amines) is 1. The molecule has 2 nitrogen and oxygen atoms in total. The van der Waals surface area contributed by atoms with Gasteiger partial charge in [-0.1, -0.05) is 35.2 Å². The molecular weight excluding hydrogens is 314 g/mol. The summed E-state index contributed by atoms with van der Waals surface area (Å²) in [7, 11) is 0. The van der Waals surface area contributed by atoms with Gasteiger partial charge in [0.05, 0.1) is 0 Å². The molecule has 20 heavy (non-hydrogen) atoms. The molecule has 0 spiro atoms. The van der Waals surface area contributed by atoms with Crippen LogP contribution >= 0.6 is 15.9 Å². The number of nitrogens with zero attached hydrogens (tertiary/aromatic N) is 1. The minimum atomic E-state index is 0.367. The maximum atomic E-state index is 6.17. The van der Waals surface area contributed by atoms with Crippen molar-refractivity contribution in [2.75, 3.05) is 13.1 Å². The van der Waals surface area contributed by atoms with Gasteiger partial charge < -0.3 is 4.74 Å². The van der Waals surface area contributed by atoms with Gasteiger partial charge in [0.25, 0.3) is 0 Å². The number of benzene rings is 1. The molecule has 0 radical (unpaired) electrons. The SMILES string of the molecule is Brc1ccc(OC2CCCN(C3CCCCC3)C2)cc1. The number of hydrogen-bond acceptors (Lipinski definition) is 2. The van der Waals surface area contributed by atoms with Crippen molar-refractivity contribution in [3.63, 3.8) is 0 Å². The summed E-state index contributed by atoms with van der Waals surface area (Å²) in [5.74, 6) is 1.00. The van der Waals surface area contributed by atoms with E-state index in [1.54, 1.807) is 0 Å². The second-order valence-electron chi connectivity index (χ2n) is 6.12. The highest BCUT2D eigenvalue weighted by Gasteiger charge is 2.27. The summed E-state index contributed by atoms with van der Waals surface area (Å²) in [6.07, 6.45) is 9.89. The van der Waals surface area contributed by atoms with Gasteiger partial charge in [-0.15, -0.1) is 0 Å². The van der Waals surface area contributed by atoms with E-state index in [0.29, 0.717) is 6.10 Å². The van der Waals surface area contributed by atoms with E-state index in [2.05, 4.69) is 45.1 Å². The van der Waals surface area contributed by atoms with Gasteiger partial charge in [0.1, 0.15) is 11.9 Å². The average Bonchev–Trinajstić information content (AvgIpc) is 2.51. The highest BCUT2D eigenvalue weighted by molar-refractivity contribution is 9.10. The smallest absolute Gasteiger partial charge is 0.119 e. The summed E-state index contributed by atoms with van der Waals surface area (Å²) in [6.45, 7) is 2.38. The maximum absolute atomic E-state index is 6.17. The quantitative estimate of drug-likeness (QED) is 0.797. The summed E-state index contributed by atoms with van der Waals surface area (Å²) < 4.78 is 7.28. The molecule has 1 aromatic rings. The summed E-state index contributed by atoms with van der Waals surface area (Å²) >= 11 is 3.47. The van der Waals surface area contributed by atoms with E-state index in [4.69, 9.17) is 4.74 Å². The number of rotatable bonds is 3. The van der Waals surface area contributed by atoms with Crippen LogP contribution in [0.1, 0.15) is 44.9 Å². The van der Waals surface area contributed by atoms with Crippen molar-refractivity contribution in [2.45, 2.75) is 57.1 Å². The molecular formula is C17H24BrNO. The Balaban J connectivity index is 1.56. The summed E-state index contributed by atoms with van der Waals surface area (Å²) in [5, 5.41) is 0. The van der Waals surface area contributed by atoms with Crippen LogP contribution in [0.3, 0.4) is 0 Å². The molecule has 0 amide bonds. The van der Waals surface area contributed by atoms with Crippen LogP contribution in [0, 0.1) is 0 Å². The number of halogens is 1. The molecule has 110 valence electrons. The van der Waals surface area contributed by atoms with Crippen LogP contribution in [0.15, 0.2) is 28.7 Å². The van der Waals surface area contributed by atoms with Crippen LogP contribution < -0.4 is 4.74 Å². The third-order valence-corrected chi connectivity index (χ3v) is 5.15. The van der Waals surface area contributed by atoms with E-state index in [1.807, 2.05) is 0 Å². The van der Waals surface area contributed by atoms with Crippen molar-refractivity contribution in [2.24, 2.45) is 0 Å². The Labute approximate surface area is 130 Å². The Morgan fingerprint density at radius 2 is 1.70 bits per heavy atom. The number of hydrogen-bond donors (Lipinski definition) is 0. The second kappa shape index (κ2) is 6.95. The van der Waals surface area contributed by atoms with Crippen LogP contribution in [0.5, 0.6) is 5.75 Å². The highest BCUT2D eigenvalue weighted by atomic mass is 79.9. The molecule has 0 aromatic heterocycles. The van der Waals surface area contributed by atoms with E-state index in [-0.39, 0.29) is 0 Å². The average molecular weight is 338 g/mol. The molecule has 2 aliphatic rings. The van der Waals surface area contributed by atoms with Crippen molar-refractivity contribution in [1.29, 1.82) is 0 Å². The second-order valence-corrected chi connectivity index (χ2v) is 7.04. The molecule has 3 rings (SSSR count). The Morgan fingerprint density at radius 1 is 0.950 bits per heavy atom. The predicted octanol–water partition coefficient (Wildman–Crippen LogP) is 4.63. The maximum Gasteiger partial charge on any atom is 0.119 e. The van der Waals surface area contributed by atoms with E-state index in [0.717, 1.165) is 22.8 Å². The standard InChI is InChI=1S/C17H24BrNO/c18-14-8-10-16(11-9-14)20-17-7-4-12-19(13-17)15-5-2-1-3-6-15/h8-11,15,17H,1-7,12-13H2. The molecule has 0 bridgehead atoms. The fourth-order valence-corrected chi connectivity index (χ4v) is 3.81. The monoisotopic (exact) mass is 337 g/mol. The third kappa shape index (κ3) is 3.76. The Bertz CT molecular complexity index is 414. The lowest BCUT2D eigenvalue weighted by Crippen LogP contribution is -2.47. The lowest BCUT2D eigenvalue weighted by atomic mass is 9.92. The summed E-state index contributed by atoms with van der Waals surface area (Å²) in [5.41, 5.74) is 0. The van der Waals surface area contributed by atoms with Gasteiger partial charge in [0.2, 0.25) is 0 Å². The first-order valence-electron chi connectivity index (χ1n) is 7.97. The third-order valence-electron chi connectivity index (χ3n) is 4.62. The van der Waals surface area contributed by atoms with E-state index in [9.17, 15) is 0 Å². The summed E-state index contributed by atoms with van der Waals surface area (Å²) in [6, 6.07) is 9.04. The Hall–Kier alpha value is -0.540. The molecule has 0 N–H and O–H groups in total. The molecule has 2 fully saturated rings. The topological polar surface area (TPSA) is 12.5 Å². The molecule has 1 aromatic carbocycles. The van der Waals surface area contributed by atoms with E-state index >= 15 is 0 Å². The first kappa shape index (κ1) is 14.4. The van der Waals surface area contributed by atoms with Gasteiger partial charge in [0.15, 0.2) is 0 Å². The van der Waals surface area contributed by atoms with Crippen molar-refractivity contribution in [3.05, 3.63) is 28.7 Å². The first-order chi connectivity index (χ1) is 9.81. The minimum Gasteiger partial charge on any atom is -0.489 e. The lowest BCUT2D eigenvalue weighted by molar-refractivity contribution is 0.0493. The molecule has 1 saturated heterocycles. The van der Waals surface area contributed by atoms with E-state index < -0.39 is 0 Å². The van der Waals surface area contributed by atoms with Gasteiger partial charge >= 0.3 is 0 Å². The van der Waals surface area contributed by atoms with Crippen LogP contribution in [-0.4, -0.2) is 30.1 Å². The zero-order valence-electron chi connectivity index (χ0n) is 12.1. The normalized spacial score (nSPS) is 25.6. The fourth-order valence-electron chi connectivity index (χ4n) is 3.55. The van der Waals surface area contributed by atoms with Gasteiger partial charge in [-0.2, -0.15) is 0 Å². The zero-order chi connectivity index (χ0) is 13.8. The first-order valence-corrected chi connectivity index (χ1v) is 8.77. The van der Waals surface area contributed by atoms with Crippen LogP contribution in [-0.2, 0) is 0 Å². The minimum absolute atomic E-state index is 0.367. The number of ether oxygens (including phenoxy) is 1. The zero-order valence-corrected chi connectivity index (χ0v) is 13.6. The molecule has 1 unspecified atom stereocenters. The predicted molar refractivity (Wildman–Crippen MR) is 86.2 cm³/mol. The molecule has 1 saturated carbocycles. The van der Waals surface area contributed by atoms with Gasteiger partial charge in [-0.25, -0.2) is 0 Å². The lowest BCUT2D eigenvalue weighted by Gasteiger charge is -2.39. The van der Waals surface area contributed by atoms with Gasteiger partial charge in [0, 0.05) is 17.1 Å². The van der Waals surface area contributed by atoms with Crippen molar-refractivity contribution in [1.82, 2.24) is 4.90 Å². The van der Waals surface area contributed by atoms with Crippen LogP contribution in [0.4, 0.5) is 0 Å². The molecule has 1 aliphatic carbocycles. The van der Waals surface area contributed by atoms with Crippen molar-refractivity contribution in [3.8, 4) is 5.75 Å². The molecule has 1 aliphatic heterocycles. The summed E-state index contributed by atoms with van der Waals surface area (Å²) in [4.78, 5) is 2.69. The van der Waals surface area contributed by atoms with E-state index in [1.165, 1.54) is 51.5 Å². The largest absolute Gasteiger partial charge is 0.489 e. The molecule has 1 atom stereocenters. The highest BCUT2D eigenvalue weighted by Crippen LogP contribution is 2.27.